The molecule has 2 N–H and O–H groups in total. The first-order valence-corrected chi connectivity index (χ1v) is 7.37. The minimum atomic E-state index is 0.449. The molecular weight excluding hydrogens is 326 g/mol. The molecule has 0 saturated heterocycles. The summed E-state index contributed by atoms with van der Waals surface area (Å²) in [6.45, 7) is 5.05. The first-order valence-electron chi connectivity index (χ1n) is 6.57. The van der Waals surface area contributed by atoms with Crippen molar-refractivity contribution in [3.63, 3.8) is 0 Å². The van der Waals surface area contributed by atoms with Crippen LogP contribution in [-0.2, 0) is 16.0 Å². The summed E-state index contributed by atoms with van der Waals surface area (Å²) < 4.78 is 22.4. The van der Waals surface area contributed by atoms with Gasteiger partial charge in [0.2, 0.25) is 0 Å². The number of benzene rings is 1. The van der Waals surface area contributed by atoms with Crippen molar-refractivity contribution in [3.8, 4) is 11.5 Å². The Morgan fingerprint density at radius 3 is 2.50 bits per heavy atom. The molecule has 0 aliphatic carbocycles. The van der Waals surface area contributed by atoms with Gasteiger partial charge in [-0.05, 0) is 40.5 Å². The van der Waals surface area contributed by atoms with E-state index < -0.39 is 0 Å². The molecule has 1 aromatic carbocycles. The van der Waals surface area contributed by atoms with Crippen LogP contribution in [0.15, 0.2) is 16.6 Å². The lowest BCUT2D eigenvalue weighted by Crippen LogP contribution is -2.11. The van der Waals surface area contributed by atoms with Gasteiger partial charge in [0, 0.05) is 13.7 Å². The van der Waals surface area contributed by atoms with Gasteiger partial charge in [-0.25, -0.2) is 0 Å². The molecule has 114 valence electrons. The predicted octanol–water partition coefficient (Wildman–Crippen LogP) is 2.35. The Morgan fingerprint density at radius 1 is 1.10 bits per heavy atom. The van der Waals surface area contributed by atoms with Gasteiger partial charge in [-0.15, -0.1) is 0 Å². The molecule has 0 aromatic heterocycles. The van der Waals surface area contributed by atoms with E-state index in [0.717, 1.165) is 10.0 Å². The molecule has 0 unspecified atom stereocenters. The lowest BCUT2D eigenvalue weighted by molar-refractivity contribution is 0.0537. The summed E-state index contributed by atoms with van der Waals surface area (Å²) in [5, 5.41) is 0. The fourth-order valence-electron chi connectivity index (χ4n) is 1.59. The van der Waals surface area contributed by atoms with Crippen LogP contribution in [0.1, 0.15) is 12.5 Å². The topological polar surface area (TPSA) is 62.9 Å². The Morgan fingerprint density at radius 2 is 1.85 bits per heavy atom. The molecule has 0 aliphatic heterocycles. The zero-order valence-corrected chi connectivity index (χ0v) is 13.6. The van der Waals surface area contributed by atoms with Crippen LogP contribution < -0.4 is 15.2 Å². The highest BCUT2D eigenvalue weighted by atomic mass is 79.9. The molecule has 0 heterocycles. The molecule has 1 rings (SSSR count). The number of nitrogens with two attached hydrogens (primary N) is 1. The van der Waals surface area contributed by atoms with Gasteiger partial charge in [0.05, 0.1) is 30.9 Å². The van der Waals surface area contributed by atoms with Crippen molar-refractivity contribution in [1.82, 2.24) is 0 Å². The molecule has 6 heteroatoms. The van der Waals surface area contributed by atoms with Gasteiger partial charge in [0.25, 0.3) is 0 Å². The Labute approximate surface area is 128 Å². The van der Waals surface area contributed by atoms with Gasteiger partial charge in [-0.1, -0.05) is 0 Å². The third-order valence-electron chi connectivity index (χ3n) is 2.51. The first kappa shape index (κ1) is 17.2. The summed E-state index contributed by atoms with van der Waals surface area (Å²) >= 11 is 3.48. The van der Waals surface area contributed by atoms with Crippen LogP contribution in [0.2, 0.25) is 0 Å². The van der Waals surface area contributed by atoms with Crippen molar-refractivity contribution >= 4 is 15.9 Å². The summed E-state index contributed by atoms with van der Waals surface area (Å²) in [6, 6.07) is 3.83. The van der Waals surface area contributed by atoms with E-state index >= 15 is 0 Å². The van der Waals surface area contributed by atoms with Crippen molar-refractivity contribution in [2.24, 2.45) is 5.73 Å². The summed E-state index contributed by atoms with van der Waals surface area (Å²) in [5.41, 5.74) is 6.64. The van der Waals surface area contributed by atoms with E-state index in [4.69, 9.17) is 24.7 Å². The van der Waals surface area contributed by atoms with Crippen molar-refractivity contribution < 1.29 is 18.9 Å². The Bertz CT molecular complexity index is 401. The minimum Gasteiger partial charge on any atom is -0.490 e. The molecule has 0 amide bonds. The van der Waals surface area contributed by atoms with Gasteiger partial charge in [-0.3, -0.25) is 0 Å². The quantitative estimate of drug-likeness (QED) is 0.658. The van der Waals surface area contributed by atoms with Crippen LogP contribution in [0.5, 0.6) is 11.5 Å². The van der Waals surface area contributed by atoms with Crippen LogP contribution in [0, 0.1) is 0 Å². The molecule has 0 atom stereocenters. The highest BCUT2D eigenvalue weighted by molar-refractivity contribution is 9.10. The Kier molecular flexibility index (Phi) is 8.60. The number of hydrogen-bond donors (Lipinski definition) is 1. The van der Waals surface area contributed by atoms with Crippen molar-refractivity contribution in [1.29, 1.82) is 0 Å². The Hall–Kier alpha value is -0.820. The van der Waals surface area contributed by atoms with Crippen molar-refractivity contribution in [3.05, 3.63) is 22.2 Å². The molecule has 0 fully saturated rings. The number of halogens is 1. The smallest absolute Gasteiger partial charge is 0.175 e. The van der Waals surface area contributed by atoms with E-state index in [0.29, 0.717) is 51.1 Å². The monoisotopic (exact) mass is 347 g/mol. The molecule has 0 spiro atoms. The van der Waals surface area contributed by atoms with E-state index in [1.54, 1.807) is 7.11 Å². The summed E-state index contributed by atoms with van der Waals surface area (Å²) in [5.74, 6) is 1.37. The van der Waals surface area contributed by atoms with Gasteiger partial charge in [-0.2, -0.15) is 0 Å². The average Bonchev–Trinajstić information content (AvgIpc) is 2.44. The maximum absolute atomic E-state index is 5.72. The van der Waals surface area contributed by atoms with E-state index in [1.165, 1.54) is 0 Å². The van der Waals surface area contributed by atoms with E-state index in [-0.39, 0.29) is 0 Å². The van der Waals surface area contributed by atoms with E-state index in [1.807, 2.05) is 19.1 Å². The molecular formula is C14H22BrNO4. The highest BCUT2D eigenvalue weighted by Gasteiger charge is 2.11. The molecule has 0 radical (unpaired) electrons. The highest BCUT2D eigenvalue weighted by Crippen LogP contribution is 2.36. The Balaban J connectivity index is 2.58. The third-order valence-corrected chi connectivity index (χ3v) is 3.10. The number of rotatable bonds is 10. The second kappa shape index (κ2) is 9.99. The summed E-state index contributed by atoms with van der Waals surface area (Å²) in [7, 11) is 1.64. The van der Waals surface area contributed by atoms with Gasteiger partial charge < -0.3 is 24.7 Å². The SMILES string of the molecule is CCOc1cc(CN)cc(Br)c1OCCOCCOC. The second-order valence-electron chi connectivity index (χ2n) is 4.00. The number of ether oxygens (including phenoxy) is 4. The van der Waals surface area contributed by atoms with Crippen LogP contribution >= 0.6 is 15.9 Å². The van der Waals surface area contributed by atoms with Crippen LogP contribution in [-0.4, -0.2) is 40.1 Å². The van der Waals surface area contributed by atoms with Gasteiger partial charge in [0.1, 0.15) is 6.61 Å². The minimum absolute atomic E-state index is 0.449. The zero-order chi connectivity index (χ0) is 14.8. The lowest BCUT2D eigenvalue weighted by atomic mass is 10.2. The van der Waals surface area contributed by atoms with Gasteiger partial charge >= 0.3 is 0 Å². The maximum Gasteiger partial charge on any atom is 0.175 e. The fourth-order valence-corrected chi connectivity index (χ4v) is 2.19. The predicted molar refractivity (Wildman–Crippen MR) is 81.4 cm³/mol. The molecule has 0 saturated carbocycles. The molecule has 20 heavy (non-hydrogen) atoms. The number of hydrogen-bond acceptors (Lipinski definition) is 5. The average molecular weight is 348 g/mol. The van der Waals surface area contributed by atoms with E-state index in [2.05, 4.69) is 15.9 Å². The van der Waals surface area contributed by atoms with Crippen molar-refractivity contribution in [2.45, 2.75) is 13.5 Å². The van der Waals surface area contributed by atoms with Gasteiger partial charge in [0.15, 0.2) is 11.5 Å². The third kappa shape index (κ3) is 5.66. The van der Waals surface area contributed by atoms with Crippen LogP contribution in [0.3, 0.4) is 0 Å². The zero-order valence-electron chi connectivity index (χ0n) is 12.0. The molecule has 0 bridgehead atoms. The molecule has 0 aliphatic rings. The largest absolute Gasteiger partial charge is 0.490 e. The van der Waals surface area contributed by atoms with E-state index in [9.17, 15) is 0 Å². The second-order valence-corrected chi connectivity index (χ2v) is 4.85. The maximum atomic E-state index is 5.72. The summed E-state index contributed by atoms with van der Waals surface area (Å²) in [4.78, 5) is 0. The standard InChI is InChI=1S/C14H22BrNO4/c1-3-19-13-9-11(10-16)8-12(15)14(13)20-7-6-18-5-4-17-2/h8-9H,3-7,10,16H2,1-2H3. The summed E-state index contributed by atoms with van der Waals surface area (Å²) in [6.07, 6.45) is 0. The normalized spacial score (nSPS) is 10.6. The number of methoxy groups -OCH3 is 1. The van der Waals surface area contributed by atoms with Crippen LogP contribution in [0.25, 0.3) is 0 Å². The lowest BCUT2D eigenvalue weighted by Gasteiger charge is -2.15. The first-order chi connectivity index (χ1) is 9.72. The fraction of sp³-hybridized carbons (Fsp3) is 0.571. The molecule has 5 nitrogen and oxygen atoms in total. The molecule has 1 aromatic rings. The van der Waals surface area contributed by atoms with Crippen molar-refractivity contribution in [2.75, 3.05) is 40.1 Å². The van der Waals surface area contributed by atoms with Crippen LogP contribution in [0.4, 0.5) is 0 Å².